The Balaban J connectivity index is 2.12. The standard InChI is InChI=1S/C16H21N3O/c1-3-11(2)20-14-6-4-5-12(9-14)19-13-7-8-15(17)16(18)10-13/h4-11,19H,3,17-18H2,1-2H3. The number of nitrogen functional groups attached to an aromatic ring is 2. The van der Waals surface area contributed by atoms with Crippen molar-refractivity contribution < 1.29 is 4.74 Å². The van der Waals surface area contributed by atoms with E-state index < -0.39 is 0 Å². The Kier molecular flexibility index (Phi) is 4.35. The molecule has 0 saturated heterocycles. The first kappa shape index (κ1) is 14.1. The van der Waals surface area contributed by atoms with Crippen LogP contribution in [-0.4, -0.2) is 6.10 Å². The predicted octanol–water partition coefficient (Wildman–Crippen LogP) is 3.77. The molecule has 0 fully saturated rings. The number of nitrogens with two attached hydrogens (primary N) is 2. The van der Waals surface area contributed by atoms with Gasteiger partial charge in [-0.15, -0.1) is 0 Å². The lowest BCUT2D eigenvalue weighted by atomic mass is 10.2. The maximum absolute atomic E-state index is 5.80. The lowest BCUT2D eigenvalue weighted by Crippen LogP contribution is -2.09. The van der Waals surface area contributed by atoms with Gasteiger partial charge in [0.25, 0.3) is 0 Å². The fourth-order valence-electron chi connectivity index (χ4n) is 1.78. The highest BCUT2D eigenvalue weighted by Gasteiger charge is 2.03. The smallest absolute Gasteiger partial charge is 0.121 e. The second kappa shape index (κ2) is 6.19. The molecule has 0 spiro atoms. The summed E-state index contributed by atoms with van der Waals surface area (Å²) < 4.78 is 5.80. The number of hydrogen-bond acceptors (Lipinski definition) is 4. The third kappa shape index (κ3) is 3.57. The number of rotatable bonds is 5. The first-order chi connectivity index (χ1) is 9.58. The molecule has 2 rings (SSSR count). The van der Waals surface area contributed by atoms with Crippen LogP contribution in [0.5, 0.6) is 5.75 Å². The summed E-state index contributed by atoms with van der Waals surface area (Å²) in [4.78, 5) is 0. The van der Waals surface area contributed by atoms with E-state index >= 15 is 0 Å². The van der Waals surface area contributed by atoms with Crippen molar-refractivity contribution in [2.75, 3.05) is 16.8 Å². The highest BCUT2D eigenvalue weighted by molar-refractivity contribution is 5.72. The highest BCUT2D eigenvalue weighted by atomic mass is 16.5. The van der Waals surface area contributed by atoms with Gasteiger partial charge >= 0.3 is 0 Å². The first-order valence-corrected chi connectivity index (χ1v) is 6.77. The Morgan fingerprint density at radius 3 is 2.50 bits per heavy atom. The van der Waals surface area contributed by atoms with Gasteiger partial charge in [-0.3, -0.25) is 0 Å². The molecule has 0 aromatic heterocycles. The summed E-state index contributed by atoms with van der Waals surface area (Å²) in [7, 11) is 0. The summed E-state index contributed by atoms with van der Waals surface area (Å²) in [5.74, 6) is 0.854. The van der Waals surface area contributed by atoms with Crippen molar-refractivity contribution in [3.8, 4) is 5.75 Å². The third-order valence-corrected chi connectivity index (χ3v) is 3.12. The van der Waals surface area contributed by atoms with Gasteiger partial charge in [0.05, 0.1) is 17.5 Å². The SMILES string of the molecule is CCC(C)Oc1cccc(Nc2ccc(N)c(N)c2)c1. The Morgan fingerprint density at radius 1 is 1.05 bits per heavy atom. The van der Waals surface area contributed by atoms with Crippen LogP contribution in [0.15, 0.2) is 42.5 Å². The summed E-state index contributed by atoms with van der Waals surface area (Å²) in [6.07, 6.45) is 1.18. The minimum Gasteiger partial charge on any atom is -0.491 e. The van der Waals surface area contributed by atoms with Crippen molar-refractivity contribution in [3.05, 3.63) is 42.5 Å². The van der Waals surface area contributed by atoms with Crippen molar-refractivity contribution >= 4 is 22.7 Å². The van der Waals surface area contributed by atoms with E-state index in [1.807, 2.05) is 36.4 Å². The van der Waals surface area contributed by atoms with Crippen molar-refractivity contribution in [2.45, 2.75) is 26.4 Å². The van der Waals surface area contributed by atoms with Gasteiger partial charge in [0.15, 0.2) is 0 Å². The predicted molar refractivity (Wildman–Crippen MR) is 85.4 cm³/mol. The Morgan fingerprint density at radius 2 is 1.80 bits per heavy atom. The van der Waals surface area contributed by atoms with Crippen LogP contribution < -0.4 is 21.5 Å². The highest BCUT2D eigenvalue weighted by Crippen LogP contribution is 2.25. The minimum atomic E-state index is 0.206. The molecule has 0 heterocycles. The number of ether oxygens (including phenoxy) is 1. The Labute approximate surface area is 119 Å². The zero-order valence-corrected chi connectivity index (χ0v) is 11.9. The second-order valence-electron chi connectivity index (χ2n) is 4.83. The number of benzene rings is 2. The second-order valence-corrected chi connectivity index (χ2v) is 4.83. The van der Waals surface area contributed by atoms with Gasteiger partial charge in [0.1, 0.15) is 5.75 Å². The summed E-state index contributed by atoms with van der Waals surface area (Å²) in [6.45, 7) is 4.16. The van der Waals surface area contributed by atoms with Gasteiger partial charge in [0, 0.05) is 17.4 Å². The molecule has 0 bridgehead atoms. The molecular weight excluding hydrogens is 250 g/mol. The molecule has 0 amide bonds. The van der Waals surface area contributed by atoms with Crippen molar-refractivity contribution in [2.24, 2.45) is 0 Å². The van der Waals surface area contributed by atoms with E-state index in [0.29, 0.717) is 11.4 Å². The van der Waals surface area contributed by atoms with Gasteiger partial charge in [-0.1, -0.05) is 13.0 Å². The Bertz CT molecular complexity index is 584. The van der Waals surface area contributed by atoms with Gasteiger partial charge in [-0.2, -0.15) is 0 Å². The van der Waals surface area contributed by atoms with Crippen LogP contribution in [0.25, 0.3) is 0 Å². The number of nitrogens with one attached hydrogen (secondary N) is 1. The topological polar surface area (TPSA) is 73.3 Å². The third-order valence-electron chi connectivity index (χ3n) is 3.12. The molecular formula is C16H21N3O. The number of anilines is 4. The molecule has 1 unspecified atom stereocenters. The summed E-state index contributed by atoms with van der Waals surface area (Å²) in [6, 6.07) is 13.4. The summed E-state index contributed by atoms with van der Waals surface area (Å²) in [5, 5.41) is 3.29. The van der Waals surface area contributed by atoms with Crippen LogP contribution in [0.3, 0.4) is 0 Å². The molecule has 0 aliphatic heterocycles. The van der Waals surface area contributed by atoms with Crippen LogP contribution in [0.2, 0.25) is 0 Å². The van der Waals surface area contributed by atoms with Gasteiger partial charge in [-0.05, 0) is 43.7 Å². The van der Waals surface area contributed by atoms with E-state index in [-0.39, 0.29) is 6.10 Å². The zero-order chi connectivity index (χ0) is 14.5. The molecule has 20 heavy (non-hydrogen) atoms. The lowest BCUT2D eigenvalue weighted by molar-refractivity contribution is 0.217. The van der Waals surface area contributed by atoms with Crippen LogP contribution in [-0.2, 0) is 0 Å². The molecule has 0 saturated carbocycles. The zero-order valence-electron chi connectivity index (χ0n) is 11.9. The Hall–Kier alpha value is -2.36. The summed E-state index contributed by atoms with van der Waals surface area (Å²) >= 11 is 0. The van der Waals surface area contributed by atoms with E-state index in [1.165, 1.54) is 0 Å². The molecule has 2 aromatic carbocycles. The molecule has 4 heteroatoms. The van der Waals surface area contributed by atoms with Gasteiger partial charge in [0.2, 0.25) is 0 Å². The molecule has 1 atom stereocenters. The maximum atomic E-state index is 5.80. The molecule has 0 aliphatic carbocycles. The van der Waals surface area contributed by atoms with Crippen molar-refractivity contribution in [1.82, 2.24) is 0 Å². The molecule has 5 N–H and O–H groups in total. The van der Waals surface area contributed by atoms with Crippen molar-refractivity contribution in [1.29, 1.82) is 0 Å². The van der Waals surface area contributed by atoms with E-state index in [1.54, 1.807) is 6.07 Å². The lowest BCUT2D eigenvalue weighted by Gasteiger charge is -2.14. The normalized spacial score (nSPS) is 11.9. The minimum absolute atomic E-state index is 0.206. The molecule has 106 valence electrons. The van der Waals surface area contributed by atoms with E-state index in [2.05, 4.69) is 19.2 Å². The molecule has 4 nitrogen and oxygen atoms in total. The molecule has 0 aliphatic rings. The largest absolute Gasteiger partial charge is 0.491 e. The molecule has 0 radical (unpaired) electrons. The van der Waals surface area contributed by atoms with Crippen LogP contribution >= 0.6 is 0 Å². The average Bonchev–Trinajstić information content (AvgIpc) is 2.43. The van der Waals surface area contributed by atoms with Gasteiger partial charge in [-0.25, -0.2) is 0 Å². The van der Waals surface area contributed by atoms with E-state index in [9.17, 15) is 0 Å². The average molecular weight is 271 g/mol. The van der Waals surface area contributed by atoms with Crippen LogP contribution in [0, 0.1) is 0 Å². The quantitative estimate of drug-likeness (QED) is 0.724. The van der Waals surface area contributed by atoms with Gasteiger partial charge < -0.3 is 21.5 Å². The van der Waals surface area contributed by atoms with Crippen LogP contribution in [0.4, 0.5) is 22.7 Å². The monoisotopic (exact) mass is 271 g/mol. The number of hydrogen-bond donors (Lipinski definition) is 3. The van der Waals surface area contributed by atoms with E-state index in [0.717, 1.165) is 23.5 Å². The first-order valence-electron chi connectivity index (χ1n) is 6.77. The summed E-state index contributed by atoms with van der Waals surface area (Å²) in [5.41, 5.74) is 14.5. The maximum Gasteiger partial charge on any atom is 0.121 e. The van der Waals surface area contributed by atoms with Crippen molar-refractivity contribution in [3.63, 3.8) is 0 Å². The molecule has 2 aromatic rings. The van der Waals surface area contributed by atoms with E-state index in [4.69, 9.17) is 16.2 Å². The van der Waals surface area contributed by atoms with Crippen LogP contribution in [0.1, 0.15) is 20.3 Å². The fourth-order valence-corrected chi connectivity index (χ4v) is 1.78. The fraction of sp³-hybridized carbons (Fsp3) is 0.250.